The molecule has 0 bridgehead atoms. The molecule has 2 N–H and O–H groups in total. The second kappa shape index (κ2) is 14.0. The zero-order valence-electron chi connectivity index (χ0n) is 25.3. The summed E-state index contributed by atoms with van der Waals surface area (Å²) in [5.74, 6) is 0.858. The molecule has 2 aromatic carbocycles. The highest BCUT2D eigenvalue weighted by molar-refractivity contribution is 6.80. The van der Waals surface area contributed by atoms with Crippen LogP contribution in [0.2, 0.25) is 48.4 Å². The molecule has 0 radical (unpaired) electrons. The number of phenolic OH excluding ortho intramolecular Hbond substituents is 2. The highest BCUT2D eigenvalue weighted by Gasteiger charge is 2.28. The largest absolute Gasteiger partial charge is 0.508 e. The van der Waals surface area contributed by atoms with Crippen molar-refractivity contribution in [3.8, 4) is 11.5 Å². The van der Waals surface area contributed by atoms with Crippen LogP contribution in [0.1, 0.15) is 90.5 Å². The number of hydrogen-bond donors (Lipinski definition) is 2. The van der Waals surface area contributed by atoms with Crippen LogP contribution in [0.4, 0.5) is 0 Å². The van der Waals surface area contributed by atoms with Gasteiger partial charge in [-0.1, -0.05) is 141 Å². The van der Waals surface area contributed by atoms with Gasteiger partial charge >= 0.3 is 0 Å². The Kier molecular flexibility index (Phi) is 12.0. The van der Waals surface area contributed by atoms with Crippen molar-refractivity contribution in [2.75, 3.05) is 0 Å². The summed E-state index contributed by atoms with van der Waals surface area (Å²) in [5, 5.41) is 21.3. The third-order valence-corrected chi connectivity index (χ3v) is 22.2. The lowest BCUT2D eigenvalue weighted by Gasteiger charge is -2.29. The van der Waals surface area contributed by atoms with Gasteiger partial charge in [-0.2, -0.15) is 0 Å². The van der Waals surface area contributed by atoms with Crippen molar-refractivity contribution in [1.29, 1.82) is 0 Å². The van der Waals surface area contributed by atoms with Gasteiger partial charge in [-0.05, 0) is 47.2 Å². The number of hydrogen-bond acceptors (Lipinski definition) is 2. The molecule has 37 heavy (non-hydrogen) atoms. The summed E-state index contributed by atoms with van der Waals surface area (Å²) >= 11 is 0. The van der Waals surface area contributed by atoms with E-state index in [1.54, 1.807) is 0 Å². The van der Waals surface area contributed by atoms with E-state index in [0.29, 0.717) is 11.5 Å². The Bertz CT molecular complexity index is 880. The molecule has 2 aromatic rings. The van der Waals surface area contributed by atoms with Crippen LogP contribution < -0.4 is 0 Å². The van der Waals surface area contributed by atoms with Gasteiger partial charge < -0.3 is 10.2 Å². The molecule has 0 spiro atoms. The summed E-state index contributed by atoms with van der Waals surface area (Å²) in [5.41, 5.74) is 4.42. The van der Waals surface area contributed by atoms with Crippen molar-refractivity contribution in [1.82, 2.24) is 0 Å². The van der Waals surface area contributed by atoms with Crippen LogP contribution in [-0.2, 0) is 18.3 Å². The van der Waals surface area contributed by atoms with E-state index in [-0.39, 0.29) is 5.41 Å². The molecule has 4 heteroatoms. The van der Waals surface area contributed by atoms with E-state index >= 15 is 0 Å². The van der Waals surface area contributed by atoms with E-state index in [9.17, 15) is 10.2 Å². The number of aryl methyl sites for hydroxylation is 2. The topological polar surface area (TPSA) is 40.5 Å². The molecule has 0 aromatic heterocycles. The van der Waals surface area contributed by atoms with E-state index in [4.69, 9.17) is 0 Å². The van der Waals surface area contributed by atoms with Gasteiger partial charge in [0.1, 0.15) is 11.5 Å². The van der Waals surface area contributed by atoms with Crippen LogP contribution >= 0.6 is 0 Å². The van der Waals surface area contributed by atoms with Gasteiger partial charge in [-0.15, -0.1) is 0 Å². The molecule has 0 unspecified atom stereocenters. The van der Waals surface area contributed by atoms with Crippen molar-refractivity contribution in [2.45, 2.75) is 135 Å². The summed E-state index contributed by atoms with van der Waals surface area (Å²) in [4.78, 5) is 0. The fourth-order valence-corrected chi connectivity index (χ4v) is 13.4. The van der Waals surface area contributed by atoms with Gasteiger partial charge in [0, 0.05) is 5.41 Å². The van der Waals surface area contributed by atoms with E-state index in [0.717, 1.165) is 24.0 Å². The van der Waals surface area contributed by atoms with Crippen LogP contribution in [0.3, 0.4) is 0 Å². The summed E-state index contributed by atoms with van der Waals surface area (Å²) in [6.07, 6.45) is 4.23. The normalized spacial score (nSPS) is 12.8. The minimum atomic E-state index is -1.14. The van der Waals surface area contributed by atoms with Gasteiger partial charge in [-0.3, -0.25) is 0 Å². The minimum Gasteiger partial charge on any atom is -0.508 e. The lowest BCUT2D eigenvalue weighted by atomic mass is 9.76. The minimum absolute atomic E-state index is 0.200. The van der Waals surface area contributed by atoms with E-state index in [1.165, 1.54) is 72.3 Å². The maximum Gasteiger partial charge on any atom is 0.118 e. The fraction of sp³-hybridized carbons (Fsp3) is 0.636. The predicted molar refractivity (Wildman–Crippen MR) is 169 cm³/mol. The Morgan fingerprint density at radius 1 is 0.568 bits per heavy atom. The first-order valence-electron chi connectivity index (χ1n) is 15.2. The van der Waals surface area contributed by atoms with Crippen molar-refractivity contribution in [2.24, 2.45) is 0 Å². The molecule has 0 fully saturated rings. The molecule has 0 amide bonds. The van der Waals surface area contributed by atoms with Gasteiger partial charge in [-0.25, -0.2) is 0 Å². The zero-order valence-corrected chi connectivity index (χ0v) is 27.3. The smallest absolute Gasteiger partial charge is 0.118 e. The van der Waals surface area contributed by atoms with E-state index < -0.39 is 16.1 Å². The Balaban J connectivity index is 2.21. The molecule has 2 nitrogen and oxygen atoms in total. The Labute approximate surface area is 231 Å². The number of aromatic hydroxyl groups is 2. The fourth-order valence-electron chi connectivity index (χ4n) is 6.38. The molecule has 2 rings (SSSR count). The molecule has 0 aliphatic rings. The first-order valence-corrected chi connectivity index (χ1v) is 20.9. The molecular formula is C33H56O2Si2. The zero-order chi connectivity index (χ0) is 27.7. The summed E-state index contributed by atoms with van der Waals surface area (Å²) in [7, 11) is -2.27. The summed E-state index contributed by atoms with van der Waals surface area (Å²) in [6.45, 7) is 18.8. The number of benzene rings is 2. The van der Waals surface area contributed by atoms with E-state index in [2.05, 4.69) is 79.7 Å². The maximum absolute atomic E-state index is 10.7. The van der Waals surface area contributed by atoms with Crippen molar-refractivity contribution < 1.29 is 10.2 Å². The van der Waals surface area contributed by atoms with Gasteiger partial charge in [0.25, 0.3) is 0 Å². The molecule has 208 valence electrons. The van der Waals surface area contributed by atoms with Crippen LogP contribution in [0, 0.1) is 0 Å². The lowest BCUT2D eigenvalue weighted by molar-refractivity contribution is 0.465. The number of rotatable bonds is 16. The average molecular weight is 541 g/mol. The summed E-state index contributed by atoms with van der Waals surface area (Å²) < 4.78 is 0. The van der Waals surface area contributed by atoms with Crippen LogP contribution in [0.15, 0.2) is 36.4 Å². The standard InChI is InChI=1S/C33H56O2Si2/c1-9-36(10-2,11-3)23-15-17-27-25-29(19-21-31(27)34)33(7,8)30-20-22-32(35)28(26-30)18-16-24-37(12-4,13-5)14-6/h19-22,25-26,34-35H,9-18,23-24H2,1-8H3. The molecule has 0 saturated carbocycles. The first kappa shape index (κ1) is 31.7. The van der Waals surface area contributed by atoms with Crippen molar-refractivity contribution in [3.63, 3.8) is 0 Å². The van der Waals surface area contributed by atoms with Gasteiger partial charge in [0.05, 0.1) is 16.1 Å². The average Bonchev–Trinajstić information content (AvgIpc) is 2.91. The van der Waals surface area contributed by atoms with Crippen LogP contribution in [0.25, 0.3) is 0 Å². The van der Waals surface area contributed by atoms with Gasteiger partial charge in [0.2, 0.25) is 0 Å². The Morgan fingerprint density at radius 2 is 0.892 bits per heavy atom. The molecule has 0 heterocycles. The second-order valence-electron chi connectivity index (χ2n) is 12.1. The first-order chi connectivity index (χ1) is 17.6. The Morgan fingerprint density at radius 3 is 1.19 bits per heavy atom. The molecular weight excluding hydrogens is 485 g/mol. The molecule has 0 aliphatic carbocycles. The molecule has 0 atom stereocenters. The summed E-state index contributed by atoms with van der Waals surface area (Å²) in [6, 6.07) is 23.3. The predicted octanol–water partition coefficient (Wildman–Crippen LogP) is 10.3. The van der Waals surface area contributed by atoms with Crippen LogP contribution in [0.5, 0.6) is 11.5 Å². The molecule has 0 saturated heterocycles. The lowest BCUT2D eigenvalue weighted by Crippen LogP contribution is -2.31. The second-order valence-corrected chi connectivity index (χ2v) is 23.4. The SMILES string of the molecule is CC[Si](CC)(CC)CCCc1cc(C(C)(C)c2ccc(O)c(CCC[Si](CC)(CC)CC)c2)ccc1O. The van der Waals surface area contributed by atoms with Crippen LogP contribution in [-0.4, -0.2) is 26.4 Å². The third-order valence-electron chi connectivity index (χ3n) is 10.4. The van der Waals surface area contributed by atoms with Crippen molar-refractivity contribution >= 4 is 16.1 Å². The highest BCUT2D eigenvalue weighted by Crippen LogP contribution is 2.37. The van der Waals surface area contributed by atoms with E-state index in [1.807, 2.05) is 12.1 Å². The third kappa shape index (κ3) is 7.75. The maximum atomic E-state index is 10.7. The quantitative estimate of drug-likeness (QED) is 0.208. The number of phenols is 2. The van der Waals surface area contributed by atoms with Gasteiger partial charge in [0.15, 0.2) is 0 Å². The highest BCUT2D eigenvalue weighted by atomic mass is 28.3. The van der Waals surface area contributed by atoms with Crippen molar-refractivity contribution in [3.05, 3.63) is 58.7 Å². The monoisotopic (exact) mass is 540 g/mol. The molecule has 0 aliphatic heterocycles. The Hall–Kier alpha value is -1.53.